The number of nitrogens with one attached hydrogen (secondary N) is 1. The Labute approximate surface area is 128 Å². The van der Waals surface area contributed by atoms with Gasteiger partial charge in [-0.25, -0.2) is 0 Å². The lowest BCUT2D eigenvalue weighted by atomic mass is 9.94. The fourth-order valence-corrected chi connectivity index (χ4v) is 2.31. The van der Waals surface area contributed by atoms with E-state index in [0.717, 1.165) is 36.4 Å². The molecule has 3 heteroatoms. The summed E-state index contributed by atoms with van der Waals surface area (Å²) in [6, 6.07) is 6.69. The van der Waals surface area contributed by atoms with Crippen LogP contribution in [0.25, 0.3) is 0 Å². The van der Waals surface area contributed by atoms with Gasteiger partial charge in [0, 0.05) is 18.2 Å². The molecular formula is C17H28ClNO. The van der Waals surface area contributed by atoms with E-state index in [9.17, 15) is 0 Å². The molecule has 0 aliphatic heterocycles. The summed E-state index contributed by atoms with van der Waals surface area (Å²) in [5.41, 5.74) is 2.31. The lowest BCUT2D eigenvalue weighted by Gasteiger charge is -2.27. The molecule has 114 valence electrons. The second-order valence-corrected chi connectivity index (χ2v) is 6.43. The van der Waals surface area contributed by atoms with Crippen LogP contribution in [0.5, 0.6) is 0 Å². The van der Waals surface area contributed by atoms with Crippen molar-refractivity contribution in [2.45, 2.75) is 58.6 Å². The Hall–Kier alpha value is -0.570. The number of rotatable bonds is 8. The Balaban J connectivity index is 2.79. The second-order valence-electron chi connectivity index (χ2n) is 6.02. The zero-order valence-electron chi connectivity index (χ0n) is 13.4. The average molecular weight is 298 g/mol. The molecule has 0 radical (unpaired) electrons. The smallest absolute Gasteiger partial charge is 0.0623 e. The molecule has 1 rings (SSSR count). The first-order valence-corrected chi connectivity index (χ1v) is 7.82. The van der Waals surface area contributed by atoms with Gasteiger partial charge in [0.05, 0.1) is 5.60 Å². The Bertz CT molecular complexity index is 417. The quantitative estimate of drug-likeness (QED) is 0.737. The van der Waals surface area contributed by atoms with Gasteiger partial charge < -0.3 is 10.1 Å². The molecule has 0 spiro atoms. The summed E-state index contributed by atoms with van der Waals surface area (Å²) < 4.78 is 5.52. The standard InChI is InChI=1S/C17H28ClNO/c1-6-11-19-16(9-10-17(3,4)20-5)14-8-7-13(2)15(18)12-14/h7-8,12,16,19H,6,9-11H2,1-5H3. The van der Waals surface area contributed by atoms with Crippen molar-refractivity contribution in [1.29, 1.82) is 0 Å². The van der Waals surface area contributed by atoms with Gasteiger partial charge in [-0.05, 0) is 63.8 Å². The van der Waals surface area contributed by atoms with Crippen LogP contribution in [0.1, 0.15) is 57.2 Å². The number of benzene rings is 1. The second kappa shape index (κ2) is 8.02. The number of methoxy groups -OCH3 is 1. The van der Waals surface area contributed by atoms with Crippen molar-refractivity contribution < 1.29 is 4.74 Å². The molecular weight excluding hydrogens is 270 g/mol. The number of hydrogen-bond acceptors (Lipinski definition) is 2. The summed E-state index contributed by atoms with van der Waals surface area (Å²) in [7, 11) is 1.78. The monoisotopic (exact) mass is 297 g/mol. The molecule has 20 heavy (non-hydrogen) atoms. The van der Waals surface area contributed by atoms with E-state index >= 15 is 0 Å². The maximum Gasteiger partial charge on any atom is 0.0623 e. The van der Waals surface area contributed by atoms with E-state index in [2.05, 4.69) is 44.3 Å². The molecule has 1 aromatic rings. The summed E-state index contributed by atoms with van der Waals surface area (Å²) in [6.07, 6.45) is 3.18. The van der Waals surface area contributed by atoms with Gasteiger partial charge in [0.25, 0.3) is 0 Å². The molecule has 0 amide bonds. The van der Waals surface area contributed by atoms with E-state index in [-0.39, 0.29) is 5.60 Å². The van der Waals surface area contributed by atoms with Gasteiger partial charge in [-0.15, -0.1) is 0 Å². The highest BCUT2D eigenvalue weighted by atomic mass is 35.5. The molecule has 1 N–H and O–H groups in total. The van der Waals surface area contributed by atoms with E-state index in [4.69, 9.17) is 16.3 Å². The van der Waals surface area contributed by atoms with Gasteiger partial charge >= 0.3 is 0 Å². The summed E-state index contributed by atoms with van der Waals surface area (Å²) in [5.74, 6) is 0. The minimum Gasteiger partial charge on any atom is -0.379 e. The van der Waals surface area contributed by atoms with Crippen LogP contribution in [-0.2, 0) is 4.74 Å². The SMILES string of the molecule is CCCNC(CCC(C)(C)OC)c1ccc(C)c(Cl)c1. The highest BCUT2D eigenvalue weighted by molar-refractivity contribution is 6.31. The van der Waals surface area contributed by atoms with Crippen molar-refractivity contribution >= 4 is 11.6 Å². The van der Waals surface area contributed by atoms with E-state index in [1.807, 2.05) is 6.92 Å². The first kappa shape index (κ1) is 17.5. The normalized spacial score (nSPS) is 13.5. The van der Waals surface area contributed by atoms with Gasteiger partial charge in [0.1, 0.15) is 0 Å². The molecule has 0 aliphatic rings. The molecule has 0 saturated heterocycles. The predicted molar refractivity (Wildman–Crippen MR) is 87.5 cm³/mol. The van der Waals surface area contributed by atoms with Crippen LogP contribution in [0.4, 0.5) is 0 Å². The Morgan fingerprint density at radius 1 is 1.35 bits per heavy atom. The molecule has 0 heterocycles. The van der Waals surface area contributed by atoms with Gasteiger partial charge in [-0.3, -0.25) is 0 Å². The molecule has 1 atom stereocenters. The Kier molecular flexibility index (Phi) is 7.01. The van der Waals surface area contributed by atoms with Gasteiger partial charge in [-0.1, -0.05) is 30.7 Å². The third kappa shape index (κ3) is 5.43. The molecule has 0 fully saturated rings. The van der Waals surface area contributed by atoms with E-state index in [1.165, 1.54) is 5.56 Å². The number of ether oxygens (including phenoxy) is 1. The van der Waals surface area contributed by atoms with Crippen LogP contribution in [0, 0.1) is 6.92 Å². The number of halogens is 1. The summed E-state index contributed by atoms with van der Waals surface area (Å²) in [4.78, 5) is 0. The predicted octanol–water partition coefficient (Wildman–Crippen LogP) is 4.89. The largest absolute Gasteiger partial charge is 0.379 e. The van der Waals surface area contributed by atoms with Crippen LogP contribution in [0.2, 0.25) is 5.02 Å². The molecule has 0 aromatic heterocycles. The highest BCUT2D eigenvalue weighted by Gasteiger charge is 2.20. The summed E-state index contributed by atoms with van der Waals surface area (Å²) >= 11 is 6.26. The van der Waals surface area contributed by atoms with Crippen LogP contribution in [0.15, 0.2) is 18.2 Å². The van der Waals surface area contributed by atoms with Crippen LogP contribution < -0.4 is 5.32 Å². The molecule has 0 saturated carbocycles. The van der Waals surface area contributed by atoms with Crippen LogP contribution in [-0.4, -0.2) is 19.3 Å². The molecule has 0 bridgehead atoms. The fourth-order valence-electron chi connectivity index (χ4n) is 2.13. The molecule has 0 aliphatic carbocycles. The van der Waals surface area contributed by atoms with Crippen LogP contribution >= 0.6 is 11.6 Å². The van der Waals surface area contributed by atoms with Crippen molar-refractivity contribution in [3.05, 3.63) is 34.3 Å². The van der Waals surface area contributed by atoms with Gasteiger partial charge in [-0.2, -0.15) is 0 Å². The van der Waals surface area contributed by atoms with Crippen molar-refractivity contribution in [1.82, 2.24) is 5.32 Å². The average Bonchev–Trinajstić information content (AvgIpc) is 2.42. The Morgan fingerprint density at radius 2 is 2.05 bits per heavy atom. The summed E-state index contributed by atoms with van der Waals surface area (Å²) in [6.45, 7) is 9.50. The lowest BCUT2D eigenvalue weighted by Crippen LogP contribution is -2.28. The maximum atomic E-state index is 6.26. The van der Waals surface area contributed by atoms with Crippen molar-refractivity contribution in [3.63, 3.8) is 0 Å². The van der Waals surface area contributed by atoms with Crippen molar-refractivity contribution in [2.24, 2.45) is 0 Å². The first-order valence-electron chi connectivity index (χ1n) is 7.44. The zero-order valence-corrected chi connectivity index (χ0v) is 14.2. The minimum atomic E-state index is -0.0827. The molecule has 2 nitrogen and oxygen atoms in total. The zero-order chi connectivity index (χ0) is 15.2. The van der Waals surface area contributed by atoms with Crippen molar-refractivity contribution in [3.8, 4) is 0 Å². The third-order valence-electron chi connectivity index (χ3n) is 3.83. The van der Waals surface area contributed by atoms with Gasteiger partial charge in [0.15, 0.2) is 0 Å². The maximum absolute atomic E-state index is 6.26. The summed E-state index contributed by atoms with van der Waals surface area (Å²) in [5, 5.41) is 4.46. The Morgan fingerprint density at radius 3 is 2.60 bits per heavy atom. The van der Waals surface area contributed by atoms with E-state index < -0.39 is 0 Å². The van der Waals surface area contributed by atoms with Crippen molar-refractivity contribution in [2.75, 3.05) is 13.7 Å². The van der Waals surface area contributed by atoms with E-state index in [0.29, 0.717) is 6.04 Å². The first-order chi connectivity index (χ1) is 9.39. The topological polar surface area (TPSA) is 21.3 Å². The number of aryl methyl sites for hydroxylation is 1. The molecule has 1 aromatic carbocycles. The number of hydrogen-bond donors (Lipinski definition) is 1. The molecule has 1 unspecified atom stereocenters. The van der Waals surface area contributed by atoms with E-state index in [1.54, 1.807) is 7.11 Å². The highest BCUT2D eigenvalue weighted by Crippen LogP contribution is 2.27. The van der Waals surface area contributed by atoms with Crippen LogP contribution in [0.3, 0.4) is 0 Å². The van der Waals surface area contributed by atoms with Gasteiger partial charge in [0.2, 0.25) is 0 Å². The third-order valence-corrected chi connectivity index (χ3v) is 4.23. The minimum absolute atomic E-state index is 0.0827. The lowest BCUT2D eigenvalue weighted by molar-refractivity contribution is 0.0117. The fraction of sp³-hybridized carbons (Fsp3) is 0.647.